The number of rotatable bonds is 2. The van der Waals surface area contributed by atoms with Gasteiger partial charge in [0.2, 0.25) is 5.91 Å². The first-order chi connectivity index (χ1) is 9.59. The third kappa shape index (κ3) is 1.89. The molecule has 2 heterocycles. The van der Waals surface area contributed by atoms with Crippen molar-refractivity contribution in [2.75, 3.05) is 12.3 Å². The van der Waals surface area contributed by atoms with Gasteiger partial charge in [0.15, 0.2) is 0 Å². The number of amides is 3. The number of benzene rings is 1. The van der Waals surface area contributed by atoms with Crippen molar-refractivity contribution >= 4 is 23.4 Å². The Balaban J connectivity index is 1.85. The van der Waals surface area contributed by atoms with Gasteiger partial charge in [-0.1, -0.05) is 6.07 Å². The zero-order chi connectivity index (χ0) is 14.3. The molecule has 1 fully saturated rings. The fraction of sp³-hybridized carbons (Fsp3) is 0.357. The van der Waals surface area contributed by atoms with Crippen LogP contribution in [-0.2, 0) is 4.79 Å². The lowest BCUT2D eigenvalue weighted by molar-refractivity contribution is -0.126. The number of nitrogens with two attached hydrogens (primary N) is 1. The summed E-state index contributed by atoms with van der Waals surface area (Å²) >= 11 is 0. The average molecular weight is 273 g/mol. The maximum Gasteiger partial charge on any atom is 0.270 e. The lowest BCUT2D eigenvalue weighted by Crippen LogP contribution is -2.39. The number of nitrogens with one attached hydrogen (secondary N) is 1. The van der Waals surface area contributed by atoms with Gasteiger partial charge in [-0.25, -0.2) is 4.90 Å². The van der Waals surface area contributed by atoms with Crippen LogP contribution in [0.2, 0.25) is 0 Å². The van der Waals surface area contributed by atoms with Crippen LogP contribution in [0.3, 0.4) is 0 Å². The van der Waals surface area contributed by atoms with Crippen molar-refractivity contribution in [1.82, 2.24) is 10.2 Å². The van der Waals surface area contributed by atoms with Gasteiger partial charge in [0.05, 0.1) is 11.1 Å². The van der Waals surface area contributed by atoms with E-state index >= 15 is 0 Å². The van der Waals surface area contributed by atoms with Crippen LogP contribution in [0.25, 0.3) is 0 Å². The number of nitrogens with zero attached hydrogens (tertiary/aromatic N) is 1. The van der Waals surface area contributed by atoms with E-state index in [1.807, 2.05) is 0 Å². The Kier molecular flexibility index (Phi) is 3.02. The van der Waals surface area contributed by atoms with Crippen molar-refractivity contribution in [3.8, 4) is 0 Å². The minimum absolute atomic E-state index is 0.0455. The maximum atomic E-state index is 12.2. The number of carbonyl (C=O) groups excluding carboxylic acids is 3. The molecule has 6 heteroatoms. The predicted octanol–water partition coefficient (Wildman–Crippen LogP) is 0.533. The largest absolute Gasteiger partial charge is 0.398 e. The van der Waals surface area contributed by atoms with Gasteiger partial charge in [0.25, 0.3) is 11.8 Å². The highest BCUT2D eigenvalue weighted by atomic mass is 16.2. The van der Waals surface area contributed by atoms with Crippen LogP contribution < -0.4 is 11.1 Å². The summed E-state index contributed by atoms with van der Waals surface area (Å²) in [6.07, 6.45) is 2.05. The third-order valence-electron chi connectivity index (χ3n) is 3.78. The van der Waals surface area contributed by atoms with Crippen LogP contribution in [0.15, 0.2) is 18.2 Å². The van der Waals surface area contributed by atoms with Crippen molar-refractivity contribution in [3.05, 3.63) is 29.3 Å². The van der Waals surface area contributed by atoms with Gasteiger partial charge in [-0.05, 0) is 31.5 Å². The Bertz CT molecular complexity index is 606. The molecule has 1 atom stereocenters. The van der Waals surface area contributed by atoms with E-state index in [1.165, 1.54) is 6.07 Å². The summed E-state index contributed by atoms with van der Waals surface area (Å²) in [4.78, 5) is 37.3. The van der Waals surface area contributed by atoms with Crippen molar-refractivity contribution in [1.29, 1.82) is 0 Å². The Morgan fingerprint density at radius 2 is 2.15 bits per heavy atom. The minimum Gasteiger partial charge on any atom is -0.398 e. The van der Waals surface area contributed by atoms with Gasteiger partial charge in [0.1, 0.15) is 0 Å². The van der Waals surface area contributed by atoms with Crippen LogP contribution in [-0.4, -0.2) is 35.2 Å². The molecule has 1 unspecified atom stereocenters. The van der Waals surface area contributed by atoms with Crippen LogP contribution in [0.1, 0.15) is 40.0 Å². The highest BCUT2D eigenvalue weighted by Gasteiger charge is 2.41. The van der Waals surface area contributed by atoms with Crippen molar-refractivity contribution in [2.24, 2.45) is 0 Å². The molecule has 1 saturated heterocycles. The number of hydrogen-bond donors (Lipinski definition) is 2. The van der Waals surface area contributed by atoms with Gasteiger partial charge in [-0.3, -0.25) is 14.4 Å². The zero-order valence-corrected chi connectivity index (χ0v) is 10.9. The molecule has 1 aromatic rings. The van der Waals surface area contributed by atoms with E-state index in [0.29, 0.717) is 0 Å². The lowest BCUT2D eigenvalue weighted by Gasteiger charge is -2.15. The molecule has 0 aromatic heterocycles. The Morgan fingerprint density at radius 3 is 2.80 bits per heavy atom. The number of nitrogen functional groups attached to an aromatic ring is 1. The highest BCUT2D eigenvalue weighted by Crippen LogP contribution is 2.28. The van der Waals surface area contributed by atoms with E-state index in [-0.39, 0.29) is 29.3 Å². The first-order valence-electron chi connectivity index (χ1n) is 6.63. The second kappa shape index (κ2) is 4.72. The van der Waals surface area contributed by atoms with E-state index in [9.17, 15) is 14.4 Å². The number of carbonyl (C=O) groups is 3. The number of anilines is 1. The topological polar surface area (TPSA) is 92.5 Å². The van der Waals surface area contributed by atoms with Gasteiger partial charge < -0.3 is 11.1 Å². The van der Waals surface area contributed by atoms with Crippen LogP contribution in [0.5, 0.6) is 0 Å². The maximum absolute atomic E-state index is 12.2. The first kappa shape index (κ1) is 12.8. The number of hydrogen-bond acceptors (Lipinski definition) is 5. The van der Waals surface area contributed by atoms with Gasteiger partial charge in [-0.15, -0.1) is 0 Å². The van der Waals surface area contributed by atoms with Crippen LogP contribution in [0.4, 0.5) is 5.69 Å². The average Bonchev–Trinajstić information content (AvgIpc) is 2.98. The smallest absolute Gasteiger partial charge is 0.270 e. The number of fused-ring (bicyclic) bond motifs is 1. The minimum atomic E-state index is -0.605. The Labute approximate surface area is 115 Å². The third-order valence-corrected chi connectivity index (χ3v) is 3.78. The SMILES string of the molecule is Nc1cccc2c1C(=O)N(C(=O)CC1CCCN1)C2=O. The van der Waals surface area contributed by atoms with E-state index < -0.39 is 17.7 Å². The summed E-state index contributed by atoms with van der Waals surface area (Å²) in [7, 11) is 0. The molecule has 0 saturated carbocycles. The molecule has 0 aliphatic carbocycles. The molecule has 0 radical (unpaired) electrons. The van der Waals surface area contributed by atoms with E-state index in [1.54, 1.807) is 12.1 Å². The monoisotopic (exact) mass is 273 g/mol. The second-order valence-electron chi connectivity index (χ2n) is 5.11. The molecule has 3 N–H and O–H groups in total. The molecular formula is C14H15N3O3. The van der Waals surface area contributed by atoms with Gasteiger partial charge >= 0.3 is 0 Å². The highest BCUT2D eigenvalue weighted by molar-refractivity contribution is 6.30. The summed E-state index contributed by atoms with van der Waals surface area (Å²) < 4.78 is 0. The molecule has 104 valence electrons. The van der Waals surface area contributed by atoms with Crippen molar-refractivity contribution in [3.63, 3.8) is 0 Å². The summed E-state index contributed by atoms with van der Waals surface area (Å²) in [5.74, 6) is -1.64. The first-order valence-corrected chi connectivity index (χ1v) is 6.63. The Morgan fingerprint density at radius 1 is 1.35 bits per heavy atom. The molecule has 6 nitrogen and oxygen atoms in total. The van der Waals surface area contributed by atoms with Crippen LogP contribution in [0, 0.1) is 0 Å². The molecule has 3 amide bonds. The van der Waals surface area contributed by atoms with E-state index in [0.717, 1.165) is 24.3 Å². The van der Waals surface area contributed by atoms with Crippen molar-refractivity contribution in [2.45, 2.75) is 25.3 Å². The molecule has 1 aromatic carbocycles. The summed E-state index contributed by atoms with van der Waals surface area (Å²) in [5, 5.41) is 3.18. The molecule has 0 bridgehead atoms. The predicted molar refractivity (Wildman–Crippen MR) is 72.0 cm³/mol. The quantitative estimate of drug-likeness (QED) is 0.606. The molecule has 3 rings (SSSR count). The lowest BCUT2D eigenvalue weighted by atomic mass is 10.1. The molecule has 2 aliphatic rings. The fourth-order valence-electron chi connectivity index (χ4n) is 2.77. The molecular weight excluding hydrogens is 258 g/mol. The molecule has 2 aliphatic heterocycles. The molecule has 0 spiro atoms. The van der Waals surface area contributed by atoms with Crippen LogP contribution >= 0.6 is 0 Å². The van der Waals surface area contributed by atoms with E-state index in [2.05, 4.69) is 5.32 Å². The van der Waals surface area contributed by atoms with Gasteiger partial charge in [-0.2, -0.15) is 0 Å². The summed E-state index contributed by atoms with van der Waals surface area (Å²) in [6, 6.07) is 4.72. The molecule has 20 heavy (non-hydrogen) atoms. The fourth-order valence-corrected chi connectivity index (χ4v) is 2.77. The standard InChI is InChI=1S/C14H15N3O3/c15-10-5-1-4-9-12(10)14(20)17(13(9)19)11(18)7-8-3-2-6-16-8/h1,4-5,8,16H,2-3,6-7,15H2. The van der Waals surface area contributed by atoms with E-state index in [4.69, 9.17) is 5.73 Å². The second-order valence-corrected chi connectivity index (χ2v) is 5.11. The number of imide groups is 3. The normalized spacial score (nSPS) is 21.4. The zero-order valence-electron chi connectivity index (χ0n) is 10.9. The van der Waals surface area contributed by atoms with Crippen molar-refractivity contribution < 1.29 is 14.4 Å². The summed E-state index contributed by atoms with van der Waals surface area (Å²) in [5.41, 5.74) is 6.31. The Hall–Kier alpha value is -2.21. The van der Waals surface area contributed by atoms with Gasteiger partial charge in [0, 0.05) is 18.2 Å². The summed E-state index contributed by atoms with van der Waals surface area (Å²) in [6.45, 7) is 0.868.